The molecule has 0 radical (unpaired) electrons. The van der Waals surface area contributed by atoms with Gasteiger partial charge in [0.05, 0.1) is 12.1 Å². The molecule has 3 fully saturated rings. The SMILES string of the molecule is CC(C)(C)OC(=O)N1CCC[C@]2(C1)C[C@H](n1nc(-c3ccc(C(O)C4CC4)cc3)c(C#N)c1N)C2. The van der Waals surface area contributed by atoms with Crippen LogP contribution < -0.4 is 5.73 Å². The molecule has 1 unspecified atom stereocenters. The minimum absolute atomic E-state index is 0.0474. The molecule has 1 aliphatic heterocycles. The zero-order valence-corrected chi connectivity index (χ0v) is 20.8. The molecule has 2 heterocycles. The van der Waals surface area contributed by atoms with Gasteiger partial charge < -0.3 is 20.5 Å². The number of hydrogen-bond donors (Lipinski definition) is 2. The maximum Gasteiger partial charge on any atom is 0.410 e. The molecule has 8 nitrogen and oxygen atoms in total. The summed E-state index contributed by atoms with van der Waals surface area (Å²) in [4.78, 5) is 14.4. The number of nitriles is 1. The number of nitrogen functional groups attached to an aromatic ring is 1. The van der Waals surface area contributed by atoms with Gasteiger partial charge in [-0.2, -0.15) is 10.4 Å². The van der Waals surface area contributed by atoms with Crippen molar-refractivity contribution in [3.8, 4) is 17.3 Å². The van der Waals surface area contributed by atoms with Crippen molar-refractivity contribution >= 4 is 11.9 Å². The van der Waals surface area contributed by atoms with Crippen LogP contribution in [-0.4, -0.2) is 44.6 Å². The lowest BCUT2D eigenvalue weighted by Crippen LogP contribution is -2.53. The summed E-state index contributed by atoms with van der Waals surface area (Å²) in [6, 6.07) is 10.0. The van der Waals surface area contributed by atoms with E-state index in [2.05, 4.69) is 6.07 Å². The van der Waals surface area contributed by atoms with Crippen molar-refractivity contribution in [2.24, 2.45) is 11.3 Å². The van der Waals surface area contributed by atoms with Crippen molar-refractivity contribution in [2.75, 3.05) is 18.8 Å². The Kier molecular flexibility index (Phi) is 5.79. The molecule has 2 aliphatic carbocycles. The second kappa shape index (κ2) is 8.56. The monoisotopic (exact) mass is 477 g/mol. The van der Waals surface area contributed by atoms with E-state index in [-0.39, 0.29) is 17.6 Å². The molecule has 5 rings (SSSR count). The van der Waals surface area contributed by atoms with Crippen LogP contribution in [0.15, 0.2) is 24.3 Å². The van der Waals surface area contributed by atoms with E-state index in [4.69, 9.17) is 15.6 Å². The number of carbonyl (C=O) groups excluding carboxylic acids is 1. The third-order valence-corrected chi connectivity index (χ3v) is 7.65. The van der Waals surface area contributed by atoms with Gasteiger partial charge in [0.25, 0.3) is 0 Å². The number of benzene rings is 1. The quantitative estimate of drug-likeness (QED) is 0.653. The summed E-state index contributed by atoms with van der Waals surface area (Å²) in [5.41, 5.74) is 8.63. The molecule has 35 heavy (non-hydrogen) atoms. The fraction of sp³-hybridized carbons (Fsp3) is 0.593. The minimum atomic E-state index is -0.508. The summed E-state index contributed by atoms with van der Waals surface area (Å²) in [5.74, 6) is 0.756. The number of anilines is 1. The highest BCUT2D eigenvalue weighted by Crippen LogP contribution is 2.54. The van der Waals surface area contributed by atoms with Crippen molar-refractivity contribution in [2.45, 2.75) is 77.0 Å². The van der Waals surface area contributed by atoms with Crippen LogP contribution in [0.4, 0.5) is 10.6 Å². The van der Waals surface area contributed by atoms with E-state index >= 15 is 0 Å². The first-order chi connectivity index (χ1) is 16.6. The summed E-state index contributed by atoms with van der Waals surface area (Å²) in [6.07, 6.45) is 5.22. The second-order valence-electron chi connectivity index (χ2n) is 11.6. The number of piperidine rings is 1. The fourth-order valence-electron chi connectivity index (χ4n) is 5.70. The third kappa shape index (κ3) is 4.62. The van der Waals surface area contributed by atoms with Gasteiger partial charge in [0.1, 0.15) is 28.7 Å². The van der Waals surface area contributed by atoms with Gasteiger partial charge in [-0.25, -0.2) is 9.48 Å². The Hall–Kier alpha value is -3.05. The average Bonchev–Trinajstić information content (AvgIpc) is 3.59. The van der Waals surface area contributed by atoms with Crippen LogP contribution in [0.25, 0.3) is 11.3 Å². The Bertz CT molecular complexity index is 1150. The topological polar surface area (TPSA) is 117 Å². The normalized spacial score (nSPS) is 25.1. The number of nitrogens with two attached hydrogens (primary N) is 1. The maximum absolute atomic E-state index is 12.6. The second-order valence-corrected chi connectivity index (χ2v) is 11.6. The molecule has 3 N–H and O–H groups in total. The van der Waals surface area contributed by atoms with E-state index in [1.807, 2.05) is 49.9 Å². The number of likely N-dealkylation sites (tertiary alicyclic amines) is 1. The lowest BCUT2D eigenvalue weighted by Gasteiger charge is -2.52. The van der Waals surface area contributed by atoms with Crippen LogP contribution in [0.5, 0.6) is 0 Å². The first kappa shape index (κ1) is 23.7. The number of ether oxygens (including phenoxy) is 1. The number of aromatic nitrogens is 2. The highest BCUT2D eigenvalue weighted by atomic mass is 16.6. The van der Waals surface area contributed by atoms with Crippen molar-refractivity contribution < 1.29 is 14.6 Å². The van der Waals surface area contributed by atoms with Gasteiger partial charge in [0, 0.05) is 18.7 Å². The molecule has 1 spiro atoms. The Morgan fingerprint density at radius 2 is 1.97 bits per heavy atom. The standard InChI is InChI=1S/C27H35N5O3/c1-26(2,3)35-25(34)31-12-4-11-27(16-31)13-20(14-27)32-24(29)21(15-28)22(30-32)17-5-7-18(8-6-17)23(33)19-9-10-19/h5-8,19-20,23,33H,4,9-14,16,29H2,1-3H3/t20-,23?,27-. The molecular formula is C27H35N5O3. The molecule has 8 heteroatoms. The van der Waals surface area contributed by atoms with E-state index in [1.54, 1.807) is 4.68 Å². The van der Waals surface area contributed by atoms with Gasteiger partial charge in [0.2, 0.25) is 0 Å². The van der Waals surface area contributed by atoms with Crippen LogP contribution in [0.2, 0.25) is 0 Å². The molecule has 1 atom stereocenters. The number of carbonyl (C=O) groups is 1. The van der Waals surface area contributed by atoms with Crippen molar-refractivity contribution in [3.05, 3.63) is 35.4 Å². The predicted molar refractivity (Wildman–Crippen MR) is 132 cm³/mol. The molecule has 1 amide bonds. The Morgan fingerprint density at radius 1 is 1.29 bits per heavy atom. The Balaban J connectivity index is 1.30. The largest absolute Gasteiger partial charge is 0.444 e. The smallest absolute Gasteiger partial charge is 0.410 e. The lowest BCUT2D eigenvalue weighted by atomic mass is 9.61. The summed E-state index contributed by atoms with van der Waals surface area (Å²) in [7, 11) is 0. The molecule has 2 saturated carbocycles. The number of aliphatic hydroxyl groups excluding tert-OH is 1. The van der Waals surface area contributed by atoms with Crippen molar-refractivity contribution in [1.29, 1.82) is 5.26 Å². The van der Waals surface area contributed by atoms with E-state index in [1.165, 1.54) is 0 Å². The number of aliphatic hydroxyl groups is 1. The van der Waals surface area contributed by atoms with Crippen LogP contribution in [0.1, 0.15) is 82.6 Å². The zero-order chi connectivity index (χ0) is 25.0. The van der Waals surface area contributed by atoms with Crippen molar-refractivity contribution in [3.63, 3.8) is 0 Å². The van der Waals surface area contributed by atoms with Crippen LogP contribution in [-0.2, 0) is 4.74 Å². The number of rotatable bonds is 4. The lowest BCUT2D eigenvalue weighted by molar-refractivity contribution is -0.0360. The summed E-state index contributed by atoms with van der Waals surface area (Å²) < 4.78 is 7.39. The van der Waals surface area contributed by atoms with Crippen LogP contribution in [0.3, 0.4) is 0 Å². The molecule has 1 aromatic carbocycles. The van der Waals surface area contributed by atoms with Gasteiger partial charge in [-0.05, 0) is 76.2 Å². The highest BCUT2D eigenvalue weighted by molar-refractivity contribution is 5.73. The molecular weight excluding hydrogens is 442 g/mol. The van der Waals surface area contributed by atoms with Gasteiger partial charge in [0.15, 0.2) is 0 Å². The summed E-state index contributed by atoms with van der Waals surface area (Å²) in [5, 5.41) is 25.0. The molecule has 3 aliphatic rings. The fourth-order valence-corrected chi connectivity index (χ4v) is 5.70. The molecule has 1 saturated heterocycles. The summed E-state index contributed by atoms with van der Waals surface area (Å²) >= 11 is 0. The number of hydrogen-bond acceptors (Lipinski definition) is 6. The summed E-state index contributed by atoms with van der Waals surface area (Å²) in [6.45, 7) is 7.06. The average molecular weight is 478 g/mol. The van der Waals surface area contributed by atoms with Crippen molar-refractivity contribution in [1.82, 2.24) is 14.7 Å². The van der Waals surface area contributed by atoms with Gasteiger partial charge in [-0.15, -0.1) is 0 Å². The molecule has 0 bridgehead atoms. The van der Waals surface area contributed by atoms with Gasteiger partial charge in [-0.3, -0.25) is 0 Å². The zero-order valence-electron chi connectivity index (χ0n) is 20.8. The first-order valence-electron chi connectivity index (χ1n) is 12.6. The molecule has 1 aromatic heterocycles. The Labute approximate surface area is 206 Å². The van der Waals surface area contributed by atoms with Gasteiger partial charge >= 0.3 is 6.09 Å². The van der Waals surface area contributed by atoms with E-state index < -0.39 is 11.7 Å². The number of nitrogens with zero attached hydrogens (tertiary/aromatic N) is 4. The third-order valence-electron chi connectivity index (χ3n) is 7.65. The number of amides is 1. The highest BCUT2D eigenvalue weighted by Gasteiger charge is 2.49. The van der Waals surface area contributed by atoms with Crippen LogP contribution >= 0.6 is 0 Å². The first-order valence-corrected chi connectivity index (χ1v) is 12.6. The maximum atomic E-state index is 12.6. The van der Waals surface area contributed by atoms with Gasteiger partial charge in [-0.1, -0.05) is 24.3 Å². The minimum Gasteiger partial charge on any atom is -0.444 e. The van der Waals surface area contributed by atoms with E-state index in [9.17, 15) is 15.2 Å². The van der Waals surface area contributed by atoms with Crippen LogP contribution in [0, 0.1) is 22.7 Å². The molecule has 2 aromatic rings. The van der Waals surface area contributed by atoms with E-state index in [0.717, 1.165) is 56.2 Å². The van der Waals surface area contributed by atoms with E-state index in [0.29, 0.717) is 29.5 Å². The predicted octanol–water partition coefficient (Wildman–Crippen LogP) is 4.80. The molecule has 186 valence electrons. The Morgan fingerprint density at radius 3 is 2.57 bits per heavy atom.